The van der Waals surface area contributed by atoms with E-state index in [0.717, 1.165) is 0 Å². The fourth-order valence-corrected chi connectivity index (χ4v) is 1.93. The number of carbonyl (C=O) groups excluding carboxylic acids is 1. The topological polar surface area (TPSA) is 57.6 Å². The Labute approximate surface area is 119 Å². The van der Waals surface area contributed by atoms with Gasteiger partial charge >= 0.3 is 5.97 Å². The lowest BCUT2D eigenvalue weighted by Crippen LogP contribution is -2.43. The van der Waals surface area contributed by atoms with Crippen molar-refractivity contribution in [1.29, 1.82) is 0 Å². The molecule has 0 aliphatic carbocycles. The van der Waals surface area contributed by atoms with Crippen molar-refractivity contribution in [3.8, 4) is 12.3 Å². The van der Waals surface area contributed by atoms with Gasteiger partial charge in [-0.25, -0.2) is 4.79 Å². The summed E-state index contributed by atoms with van der Waals surface area (Å²) in [6, 6.07) is 5.73. The molecule has 1 aromatic carbocycles. The Morgan fingerprint density at radius 2 is 1.85 bits per heavy atom. The monoisotopic (exact) mass is 273 g/mol. The number of carboxylic acid groups (broad SMARTS) is 1. The van der Waals surface area contributed by atoms with Crippen LogP contribution in [-0.4, -0.2) is 35.0 Å². The Morgan fingerprint density at radius 3 is 2.25 bits per heavy atom. The minimum atomic E-state index is -0.991. The summed E-state index contributed by atoms with van der Waals surface area (Å²) < 4.78 is 0. The predicted octanol–water partition coefficient (Wildman–Crippen LogP) is 2.24. The second-order valence-electron chi connectivity index (χ2n) is 5.12. The number of likely N-dealkylation sites (N-methyl/N-ethyl adjacent to an activating group) is 1. The van der Waals surface area contributed by atoms with E-state index in [2.05, 4.69) is 5.92 Å². The lowest BCUT2D eigenvalue weighted by molar-refractivity contribution is -0.142. The summed E-state index contributed by atoms with van der Waals surface area (Å²) in [7, 11) is 1.51. The standard InChI is InChI=1S/C16H19NO3/c1-5-12-6-8-13(9-7-12)15(18)17(4)14(16(19)20)10-11(2)3/h1,6-9,11,14H,10H2,2-4H3,(H,19,20). The first-order chi connectivity index (χ1) is 9.36. The second kappa shape index (κ2) is 6.76. The van der Waals surface area contributed by atoms with Crippen LogP contribution < -0.4 is 0 Å². The average molecular weight is 273 g/mol. The molecule has 1 atom stereocenters. The lowest BCUT2D eigenvalue weighted by atomic mass is 10.0. The third-order valence-corrected chi connectivity index (χ3v) is 3.07. The number of terminal acetylenes is 1. The van der Waals surface area contributed by atoms with Crippen LogP contribution in [0.1, 0.15) is 36.2 Å². The second-order valence-corrected chi connectivity index (χ2v) is 5.12. The van der Waals surface area contributed by atoms with Crippen molar-refractivity contribution in [3.63, 3.8) is 0 Å². The molecule has 106 valence electrons. The van der Waals surface area contributed by atoms with Gasteiger partial charge in [0, 0.05) is 18.2 Å². The minimum Gasteiger partial charge on any atom is -0.480 e. The van der Waals surface area contributed by atoms with Gasteiger partial charge in [-0.05, 0) is 36.6 Å². The Bertz CT molecular complexity index is 526. The number of carboxylic acids is 1. The van der Waals surface area contributed by atoms with Gasteiger partial charge in [-0.1, -0.05) is 19.8 Å². The first kappa shape index (κ1) is 15.8. The van der Waals surface area contributed by atoms with E-state index < -0.39 is 12.0 Å². The molecule has 20 heavy (non-hydrogen) atoms. The normalized spacial score (nSPS) is 11.8. The van der Waals surface area contributed by atoms with Crippen LogP contribution in [0.4, 0.5) is 0 Å². The number of carbonyl (C=O) groups is 2. The van der Waals surface area contributed by atoms with Crippen LogP contribution in [0.15, 0.2) is 24.3 Å². The molecule has 1 unspecified atom stereocenters. The van der Waals surface area contributed by atoms with E-state index in [1.807, 2.05) is 13.8 Å². The molecule has 0 heterocycles. The average Bonchev–Trinajstić information content (AvgIpc) is 2.43. The molecule has 1 amide bonds. The highest BCUT2D eigenvalue weighted by Crippen LogP contribution is 2.14. The van der Waals surface area contributed by atoms with Crippen LogP contribution in [0.3, 0.4) is 0 Å². The van der Waals surface area contributed by atoms with E-state index in [1.165, 1.54) is 11.9 Å². The van der Waals surface area contributed by atoms with Crippen molar-refractivity contribution in [2.75, 3.05) is 7.05 Å². The van der Waals surface area contributed by atoms with Crippen molar-refractivity contribution in [3.05, 3.63) is 35.4 Å². The van der Waals surface area contributed by atoms with E-state index in [0.29, 0.717) is 17.5 Å². The Kier molecular flexibility index (Phi) is 5.33. The molecule has 0 fully saturated rings. The number of hydrogen-bond acceptors (Lipinski definition) is 2. The van der Waals surface area contributed by atoms with Gasteiger partial charge in [0.2, 0.25) is 0 Å². The van der Waals surface area contributed by atoms with Gasteiger partial charge < -0.3 is 10.0 Å². The Morgan fingerprint density at radius 1 is 1.30 bits per heavy atom. The maximum Gasteiger partial charge on any atom is 0.326 e. The summed E-state index contributed by atoms with van der Waals surface area (Å²) in [6.07, 6.45) is 5.67. The molecule has 0 saturated heterocycles. The molecule has 0 radical (unpaired) electrons. The van der Waals surface area contributed by atoms with Gasteiger partial charge in [-0.15, -0.1) is 6.42 Å². The zero-order chi connectivity index (χ0) is 15.3. The number of benzene rings is 1. The molecule has 1 aromatic rings. The van der Waals surface area contributed by atoms with Crippen LogP contribution in [0.5, 0.6) is 0 Å². The Hall–Kier alpha value is -2.28. The molecule has 0 bridgehead atoms. The highest BCUT2D eigenvalue weighted by Gasteiger charge is 2.27. The maximum atomic E-state index is 12.3. The van der Waals surface area contributed by atoms with E-state index in [9.17, 15) is 14.7 Å². The largest absolute Gasteiger partial charge is 0.480 e. The quantitative estimate of drug-likeness (QED) is 0.837. The summed E-state index contributed by atoms with van der Waals surface area (Å²) in [6.45, 7) is 3.85. The van der Waals surface area contributed by atoms with E-state index in [1.54, 1.807) is 24.3 Å². The molecule has 0 aliphatic rings. The van der Waals surface area contributed by atoms with Crippen LogP contribution in [0, 0.1) is 18.3 Å². The predicted molar refractivity (Wildman–Crippen MR) is 77.3 cm³/mol. The summed E-state index contributed by atoms with van der Waals surface area (Å²) in [5.74, 6) is 1.35. The highest BCUT2D eigenvalue weighted by molar-refractivity contribution is 5.96. The highest BCUT2D eigenvalue weighted by atomic mass is 16.4. The molecular weight excluding hydrogens is 254 g/mol. The van der Waals surface area contributed by atoms with Crippen molar-refractivity contribution >= 4 is 11.9 Å². The Balaban J connectivity index is 2.93. The first-order valence-electron chi connectivity index (χ1n) is 6.43. The molecule has 0 spiro atoms. The van der Waals surface area contributed by atoms with Gasteiger partial charge in [0.05, 0.1) is 0 Å². The van der Waals surface area contributed by atoms with Crippen molar-refractivity contribution in [1.82, 2.24) is 4.90 Å². The third kappa shape index (κ3) is 3.86. The molecule has 0 aromatic heterocycles. The number of rotatable bonds is 5. The molecule has 1 N–H and O–H groups in total. The SMILES string of the molecule is C#Cc1ccc(C(=O)N(C)C(CC(C)C)C(=O)O)cc1. The van der Waals surface area contributed by atoms with Crippen LogP contribution in [0.2, 0.25) is 0 Å². The molecular formula is C16H19NO3. The molecule has 0 saturated carbocycles. The van der Waals surface area contributed by atoms with Crippen LogP contribution in [0.25, 0.3) is 0 Å². The van der Waals surface area contributed by atoms with Gasteiger partial charge in [-0.2, -0.15) is 0 Å². The minimum absolute atomic E-state index is 0.190. The van der Waals surface area contributed by atoms with Gasteiger partial charge in [0.1, 0.15) is 6.04 Å². The molecule has 4 nitrogen and oxygen atoms in total. The lowest BCUT2D eigenvalue weighted by Gasteiger charge is -2.26. The maximum absolute atomic E-state index is 12.3. The molecule has 0 aliphatic heterocycles. The number of aliphatic carboxylic acids is 1. The third-order valence-electron chi connectivity index (χ3n) is 3.07. The van der Waals surface area contributed by atoms with Gasteiger partial charge in [0.25, 0.3) is 5.91 Å². The molecule has 1 rings (SSSR count). The zero-order valence-corrected chi connectivity index (χ0v) is 12.0. The number of amides is 1. The summed E-state index contributed by atoms with van der Waals surface area (Å²) >= 11 is 0. The van der Waals surface area contributed by atoms with E-state index in [4.69, 9.17) is 6.42 Å². The first-order valence-corrected chi connectivity index (χ1v) is 6.43. The van der Waals surface area contributed by atoms with Crippen LogP contribution in [-0.2, 0) is 4.79 Å². The smallest absolute Gasteiger partial charge is 0.326 e. The number of hydrogen-bond donors (Lipinski definition) is 1. The number of nitrogens with zero attached hydrogens (tertiary/aromatic N) is 1. The fourth-order valence-electron chi connectivity index (χ4n) is 1.93. The summed E-state index contributed by atoms with van der Waals surface area (Å²) in [5, 5.41) is 9.25. The summed E-state index contributed by atoms with van der Waals surface area (Å²) in [4.78, 5) is 24.8. The summed E-state index contributed by atoms with van der Waals surface area (Å²) in [5.41, 5.74) is 1.11. The van der Waals surface area contributed by atoms with E-state index >= 15 is 0 Å². The fraction of sp³-hybridized carbons (Fsp3) is 0.375. The zero-order valence-electron chi connectivity index (χ0n) is 12.0. The van der Waals surface area contributed by atoms with Gasteiger partial charge in [0.15, 0.2) is 0 Å². The van der Waals surface area contributed by atoms with Gasteiger partial charge in [-0.3, -0.25) is 4.79 Å². The van der Waals surface area contributed by atoms with Crippen molar-refractivity contribution in [2.45, 2.75) is 26.3 Å². The van der Waals surface area contributed by atoms with Crippen molar-refractivity contribution < 1.29 is 14.7 Å². The van der Waals surface area contributed by atoms with E-state index in [-0.39, 0.29) is 11.8 Å². The van der Waals surface area contributed by atoms with Crippen LogP contribution >= 0.6 is 0 Å². The molecule has 4 heteroatoms. The van der Waals surface area contributed by atoms with Crippen molar-refractivity contribution in [2.24, 2.45) is 5.92 Å².